The number of benzene rings is 3. The van der Waals surface area contributed by atoms with Crippen molar-refractivity contribution in [1.29, 1.82) is 0 Å². The smallest absolute Gasteiger partial charge is 0.255 e. The van der Waals surface area contributed by atoms with Crippen molar-refractivity contribution in [1.82, 2.24) is 4.31 Å². The van der Waals surface area contributed by atoms with Gasteiger partial charge in [-0.3, -0.25) is 4.79 Å². The Morgan fingerprint density at radius 3 is 2.36 bits per heavy atom. The third-order valence-corrected chi connectivity index (χ3v) is 7.42. The summed E-state index contributed by atoms with van der Waals surface area (Å²) in [4.78, 5) is 13.2. The molecule has 174 valence electrons. The molecule has 0 spiro atoms. The molecule has 1 N–H and O–H groups in total. The van der Waals surface area contributed by atoms with E-state index in [2.05, 4.69) is 5.32 Å². The van der Waals surface area contributed by atoms with Gasteiger partial charge in [0.25, 0.3) is 5.91 Å². The Kier molecular flexibility index (Phi) is 7.56. The van der Waals surface area contributed by atoms with Gasteiger partial charge >= 0.3 is 0 Å². The lowest BCUT2D eigenvalue weighted by Gasteiger charge is -2.20. The maximum atomic E-state index is 13.1. The summed E-state index contributed by atoms with van der Waals surface area (Å²) < 4.78 is 33.1. The van der Waals surface area contributed by atoms with Gasteiger partial charge in [0, 0.05) is 30.4 Å². The minimum absolute atomic E-state index is 0.0656. The summed E-state index contributed by atoms with van der Waals surface area (Å²) in [6.07, 6.45) is 0. The Hall–Kier alpha value is -3.16. The van der Waals surface area contributed by atoms with E-state index < -0.39 is 10.0 Å². The normalized spacial score (nSPS) is 11.5. The molecular formula is C26H30N2O4S. The standard InChI is InChI=1S/C26H30N2O4S/c1-6-32-25-15-12-21(26(29)27-24-9-7-8-19(3)20(24)4)16-22(25)17-28(5)33(30,31)23-13-10-18(2)11-14-23/h7-16H,6,17H2,1-5H3,(H,27,29). The van der Waals surface area contributed by atoms with Gasteiger partial charge in [0.1, 0.15) is 5.75 Å². The molecule has 0 atom stereocenters. The highest BCUT2D eigenvalue weighted by Gasteiger charge is 2.23. The Labute approximate surface area is 196 Å². The maximum absolute atomic E-state index is 13.1. The molecule has 33 heavy (non-hydrogen) atoms. The number of rotatable bonds is 8. The second-order valence-electron chi connectivity index (χ2n) is 8.03. The second-order valence-corrected chi connectivity index (χ2v) is 10.1. The van der Waals surface area contributed by atoms with Crippen LogP contribution in [0.2, 0.25) is 0 Å². The number of sulfonamides is 1. The number of hydrogen-bond donors (Lipinski definition) is 1. The third kappa shape index (κ3) is 5.61. The minimum Gasteiger partial charge on any atom is -0.494 e. The molecule has 0 unspecified atom stereocenters. The van der Waals surface area contributed by atoms with Crippen LogP contribution in [0.3, 0.4) is 0 Å². The Balaban J connectivity index is 1.89. The summed E-state index contributed by atoms with van der Waals surface area (Å²) in [7, 11) is -2.18. The molecule has 0 saturated heterocycles. The van der Waals surface area contributed by atoms with Crippen LogP contribution in [0.25, 0.3) is 0 Å². The fraction of sp³-hybridized carbons (Fsp3) is 0.269. The van der Waals surface area contributed by atoms with Crippen LogP contribution in [-0.2, 0) is 16.6 Å². The molecule has 0 aliphatic carbocycles. The van der Waals surface area contributed by atoms with Crippen LogP contribution in [0.1, 0.15) is 39.5 Å². The van der Waals surface area contributed by atoms with Crippen molar-refractivity contribution in [3.63, 3.8) is 0 Å². The number of aryl methyl sites for hydroxylation is 2. The fourth-order valence-corrected chi connectivity index (χ4v) is 4.59. The highest BCUT2D eigenvalue weighted by Crippen LogP contribution is 2.26. The molecule has 1 amide bonds. The van der Waals surface area contributed by atoms with E-state index >= 15 is 0 Å². The van der Waals surface area contributed by atoms with Gasteiger partial charge in [-0.1, -0.05) is 29.8 Å². The van der Waals surface area contributed by atoms with Gasteiger partial charge < -0.3 is 10.1 Å². The Morgan fingerprint density at radius 2 is 1.70 bits per heavy atom. The molecule has 7 heteroatoms. The molecule has 3 aromatic carbocycles. The molecule has 3 aromatic rings. The average Bonchev–Trinajstić information content (AvgIpc) is 2.78. The number of hydrogen-bond acceptors (Lipinski definition) is 4. The van der Waals surface area contributed by atoms with Crippen molar-refractivity contribution in [2.75, 3.05) is 19.0 Å². The van der Waals surface area contributed by atoms with E-state index in [9.17, 15) is 13.2 Å². The molecule has 0 bridgehead atoms. The van der Waals surface area contributed by atoms with Crippen LogP contribution in [0.4, 0.5) is 5.69 Å². The number of carbonyl (C=O) groups is 1. The summed E-state index contributed by atoms with van der Waals surface area (Å²) >= 11 is 0. The highest BCUT2D eigenvalue weighted by atomic mass is 32.2. The van der Waals surface area contributed by atoms with Crippen LogP contribution in [0.5, 0.6) is 5.75 Å². The van der Waals surface area contributed by atoms with Crippen molar-refractivity contribution in [3.05, 3.63) is 88.5 Å². The van der Waals surface area contributed by atoms with Gasteiger partial charge in [-0.25, -0.2) is 8.42 Å². The van der Waals surface area contributed by atoms with Crippen molar-refractivity contribution < 1.29 is 17.9 Å². The summed E-state index contributed by atoms with van der Waals surface area (Å²) in [6.45, 7) is 8.20. The summed E-state index contributed by atoms with van der Waals surface area (Å²) in [6, 6.07) is 17.6. The SMILES string of the molecule is CCOc1ccc(C(=O)Nc2cccc(C)c2C)cc1CN(C)S(=O)(=O)c1ccc(C)cc1. The van der Waals surface area contributed by atoms with Crippen LogP contribution in [0, 0.1) is 20.8 Å². The number of nitrogens with zero attached hydrogens (tertiary/aromatic N) is 1. The van der Waals surface area contributed by atoms with E-state index in [4.69, 9.17) is 4.74 Å². The minimum atomic E-state index is -3.70. The summed E-state index contributed by atoms with van der Waals surface area (Å²) in [5.74, 6) is 0.281. The number of anilines is 1. The van der Waals surface area contributed by atoms with Crippen LogP contribution >= 0.6 is 0 Å². The zero-order valence-electron chi connectivity index (χ0n) is 19.7. The molecule has 0 fully saturated rings. The largest absolute Gasteiger partial charge is 0.494 e. The highest BCUT2D eigenvalue weighted by molar-refractivity contribution is 7.89. The predicted molar refractivity (Wildman–Crippen MR) is 131 cm³/mol. The Morgan fingerprint density at radius 1 is 1.00 bits per heavy atom. The van der Waals surface area contributed by atoms with Gasteiger partial charge in [-0.05, 0) is 75.2 Å². The molecule has 0 heterocycles. The lowest BCUT2D eigenvalue weighted by molar-refractivity contribution is 0.102. The van der Waals surface area contributed by atoms with Gasteiger partial charge in [0.2, 0.25) is 10.0 Å². The molecule has 3 rings (SSSR count). The van der Waals surface area contributed by atoms with E-state index in [0.717, 1.165) is 22.4 Å². The third-order valence-electron chi connectivity index (χ3n) is 5.60. The van der Waals surface area contributed by atoms with Crippen LogP contribution < -0.4 is 10.1 Å². The van der Waals surface area contributed by atoms with Gasteiger partial charge in [-0.15, -0.1) is 0 Å². The monoisotopic (exact) mass is 466 g/mol. The predicted octanol–water partition coefficient (Wildman–Crippen LogP) is 5.08. The van der Waals surface area contributed by atoms with Gasteiger partial charge in [0.15, 0.2) is 0 Å². The zero-order valence-corrected chi connectivity index (χ0v) is 20.5. The van der Waals surface area contributed by atoms with E-state index in [1.807, 2.05) is 45.9 Å². The van der Waals surface area contributed by atoms with Crippen molar-refractivity contribution >= 4 is 21.6 Å². The quantitative estimate of drug-likeness (QED) is 0.502. The molecule has 0 aliphatic heterocycles. The lowest BCUT2D eigenvalue weighted by Crippen LogP contribution is -2.27. The molecule has 0 saturated carbocycles. The van der Waals surface area contributed by atoms with Crippen LogP contribution in [-0.4, -0.2) is 32.3 Å². The van der Waals surface area contributed by atoms with Crippen LogP contribution in [0.15, 0.2) is 65.6 Å². The zero-order chi connectivity index (χ0) is 24.2. The van der Waals surface area contributed by atoms with E-state index in [0.29, 0.717) is 23.5 Å². The number of carbonyl (C=O) groups excluding carboxylic acids is 1. The maximum Gasteiger partial charge on any atom is 0.255 e. The molecular weight excluding hydrogens is 436 g/mol. The number of nitrogens with one attached hydrogen (secondary N) is 1. The Bertz CT molecular complexity index is 1250. The second kappa shape index (κ2) is 10.2. The lowest BCUT2D eigenvalue weighted by atomic mass is 10.1. The first kappa shape index (κ1) is 24.5. The number of ether oxygens (including phenoxy) is 1. The first-order valence-corrected chi connectivity index (χ1v) is 12.2. The molecule has 6 nitrogen and oxygen atoms in total. The first-order chi connectivity index (χ1) is 15.6. The summed E-state index contributed by atoms with van der Waals surface area (Å²) in [5, 5.41) is 2.95. The fourth-order valence-electron chi connectivity index (χ4n) is 3.44. The van der Waals surface area contributed by atoms with Crippen molar-refractivity contribution in [3.8, 4) is 5.75 Å². The number of amides is 1. The molecule has 0 aliphatic rings. The van der Waals surface area contributed by atoms with E-state index in [1.54, 1.807) is 42.5 Å². The molecule has 0 radical (unpaired) electrons. The summed E-state index contributed by atoms with van der Waals surface area (Å²) in [5.41, 5.74) is 4.86. The van der Waals surface area contributed by atoms with E-state index in [1.165, 1.54) is 11.4 Å². The van der Waals surface area contributed by atoms with Crippen molar-refractivity contribution in [2.45, 2.75) is 39.1 Å². The average molecular weight is 467 g/mol. The first-order valence-electron chi connectivity index (χ1n) is 10.8. The molecule has 0 aromatic heterocycles. The van der Waals surface area contributed by atoms with Crippen molar-refractivity contribution in [2.24, 2.45) is 0 Å². The topological polar surface area (TPSA) is 75.7 Å². The van der Waals surface area contributed by atoms with E-state index in [-0.39, 0.29) is 17.3 Å². The van der Waals surface area contributed by atoms with Gasteiger partial charge in [-0.2, -0.15) is 4.31 Å². The van der Waals surface area contributed by atoms with Gasteiger partial charge in [0.05, 0.1) is 11.5 Å².